The van der Waals surface area contributed by atoms with Gasteiger partial charge < -0.3 is 5.32 Å². The van der Waals surface area contributed by atoms with E-state index in [-0.39, 0.29) is 19.0 Å². The molecule has 0 spiro atoms. The summed E-state index contributed by atoms with van der Waals surface area (Å²) in [6.07, 6.45) is -2.44. The van der Waals surface area contributed by atoms with Crippen LogP contribution in [0.4, 0.5) is 13.2 Å². The SMILES string of the molecule is FC(F)(F)N(Cc1ccccc1)C[C@@H]1CCCNC1. The van der Waals surface area contributed by atoms with E-state index in [9.17, 15) is 13.2 Å². The van der Waals surface area contributed by atoms with Crippen LogP contribution in [0.2, 0.25) is 0 Å². The molecule has 1 fully saturated rings. The fourth-order valence-electron chi connectivity index (χ4n) is 2.45. The minimum atomic E-state index is -4.27. The van der Waals surface area contributed by atoms with Gasteiger partial charge in [0.2, 0.25) is 0 Å². The third-order valence-corrected chi connectivity index (χ3v) is 3.45. The number of hydrogen-bond acceptors (Lipinski definition) is 2. The highest BCUT2D eigenvalue weighted by molar-refractivity contribution is 5.14. The van der Waals surface area contributed by atoms with Crippen LogP contribution in [0.5, 0.6) is 0 Å². The van der Waals surface area contributed by atoms with Crippen LogP contribution in [0.1, 0.15) is 18.4 Å². The predicted molar refractivity (Wildman–Crippen MR) is 68.5 cm³/mol. The molecule has 1 atom stereocenters. The first-order chi connectivity index (χ1) is 9.05. The molecular formula is C14H19F3N2. The lowest BCUT2D eigenvalue weighted by Crippen LogP contribution is -2.44. The van der Waals surface area contributed by atoms with Crippen LogP contribution < -0.4 is 5.32 Å². The summed E-state index contributed by atoms with van der Waals surface area (Å²) in [6.45, 7) is 1.61. The second-order valence-corrected chi connectivity index (χ2v) is 5.05. The monoisotopic (exact) mass is 272 g/mol. The molecule has 0 unspecified atom stereocenters. The van der Waals surface area contributed by atoms with Gasteiger partial charge in [0.1, 0.15) is 0 Å². The zero-order valence-electron chi connectivity index (χ0n) is 10.8. The molecular weight excluding hydrogens is 253 g/mol. The first kappa shape index (κ1) is 14.3. The van der Waals surface area contributed by atoms with Crippen molar-refractivity contribution >= 4 is 0 Å². The molecule has 1 saturated heterocycles. The van der Waals surface area contributed by atoms with Gasteiger partial charge in [-0.1, -0.05) is 30.3 Å². The lowest BCUT2D eigenvalue weighted by Gasteiger charge is -2.31. The van der Waals surface area contributed by atoms with E-state index in [1.54, 1.807) is 24.3 Å². The Labute approximate surface area is 111 Å². The molecule has 0 bridgehead atoms. The standard InChI is InChI=1S/C14H19F3N2/c15-14(16,17)19(10-12-5-2-1-3-6-12)11-13-7-4-8-18-9-13/h1-3,5-6,13,18H,4,7-11H2/t13-/m1/s1. The maximum atomic E-state index is 13.1. The Balaban J connectivity index is 1.99. The fourth-order valence-corrected chi connectivity index (χ4v) is 2.45. The molecule has 0 aliphatic carbocycles. The fraction of sp³-hybridized carbons (Fsp3) is 0.571. The van der Waals surface area contributed by atoms with Gasteiger partial charge >= 0.3 is 6.30 Å². The van der Waals surface area contributed by atoms with Crippen molar-refractivity contribution in [2.24, 2.45) is 5.92 Å². The molecule has 1 aromatic rings. The molecule has 1 aliphatic rings. The molecule has 19 heavy (non-hydrogen) atoms. The number of rotatable bonds is 4. The van der Waals surface area contributed by atoms with Gasteiger partial charge in [-0.15, -0.1) is 0 Å². The van der Waals surface area contributed by atoms with Crippen molar-refractivity contribution in [1.29, 1.82) is 0 Å². The van der Waals surface area contributed by atoms with E-state index in [0.29, 0.717) is 17.0 Å². The van der Waals surface area contributed by atoms with Gasteiger partial charge in [0.25, 0.3) is 0 Å². The van der Waals surface area contributed by atoms with Gasteiger partial charge in [-0.2, -0.15) is 13.2 Å². The highest BCUT2D eigenvalue weighted by Crippen LogP contribution is 2.26. The molecule has 0 radical (unpaired) electrons. The van der Waals surface area contributed by atoms with Crippen LogP contribution in [0.15, 0.2) is 30.3 Å². The molecule has 0 amide bonds. The number of alkyl halides is 3. The van der Waals surface area contributed by atoms with E-state index in [0.717, 1.165) is 19.4 Å². The van der Waals surface area contributed by atoms with Crippen LogP contribution in [-0.2, 0) is 6.54 Å². The molecule has 0 aromatic heterocycles. The largest absolute Gasteiger partial charge is 0.460 e. The molecule has 1 aromatic carbocycles. The lowest BCUT2D eigenvalue weighted by molar-refractivity contribution is -0.252. The van der Waals surface area contributed by atoms with Crippen molar-refractivity contribution in [1.82, 2.24) is 10.2 Å². The normalized spacial score (nSPS) is 20.7. The molecule has 1 N–H and O–H groups in total. The predicted octanol–water partition coefficient (Wildman–Crippen LogP) is 3.01. The Morgan fingerprint density at radius 1 is 1.21 bits per heavy atom. The van der Waals surface area contributed by atoms with Crippen molar-refractivity contribution in [2.75, 3.05) is 19.6 Å². The average Bonchev–Trinajstić information content (AvgIpc) is 2.39. The van der Waals surface area contributed by atoms with E-state index in [2.05, 4.69) is 5.32 Å². The summed E-state index contributed by atoms with van der Waals surface area (Å²) < 4.78 is 39.2. The summed E-state index contributed by atoms with van der Waals surface area (Å²) in [4.78, 5) is 0.625. The molecule has 1 aliphatic heterocycles. The maximum Gasteiger partial charge on any atom is 0.460 e. The van der Waals surface area contributed by atoms with E-state index in [1.807, 2.05) is 6.07 Å². The van der Waals surface area contributed by atoms with Gasteiger partial charge in [0.05, 0.1) is 0 Å². The summed E-state index contributed by atoms with van der Waals surface area (Å²) in [5, 5.41) is 3.16. The third-order valence-electron chi connectivity index (χ3n) is 3.45. The number of nitrogens with one attached hydrogen (secondary N) is 1. The van der Waals surface area contributed by atoms with Crippen molar-refractivity contribution in [3.8, 4) is 0 Å². The Morgan fingerprint density at radius 3 is 2.53 bits per heavy atom. The van der Waals surface area contributed by atoms with Gasteiger partial charge in [-0.25, -0.2) is 4.90 Å². The van der Waals surface area contributed by atoms with Gasteiger partial charge in [0, 0.05) is 13.1 Å². The molecule has 1 heterocycles. The zero-order valence-corrected chi connectivity index (χ0v) is 10.8. The second kappa shape index (κ2) is 6.39. The van der Waals surface area contributed by atoms with Crippen LogP contribution in [-0.4, -0.2) is 30.8 Å². The Morgan fingerprint density at radius 2 is 1.95 bits per heavy atom. The van der Waals surface area contributed by atoms with Gasteiger partial charge in [-0.05, 0) is 37.4 Å². The van der Waals surface area contributed by atoms with Gasteiger partial charge in [-0.3, -0.25) is 0 Å². The first-order valence-corrected chi connectivity index (χ1v) is 6.62. The number of benzene rings is 1. The van der Waals surface area contributed by atoms with Gasteiger partial charge in [0.15, 0.2) is 0 Å². The summed E-state index contributed by atoms with van der Waals surface area (Å²) in [7, 11) is 0. The summed E-state index contributed by atoms with van der Waals surface area (Å²) in [5.74, 6) is 0.0825. The van der Waals surface area contributed by atoms with Crippen LogP contribution >= 0.6 is 0 Å². The molecule has 0 saturated carbocycles. The summed E-state index contributed by atoms with van der Waals surface area (Å²) >= 11 is 0. The lowest BCUT2D eigenvalue weighted by atomic mass is 9.99. The Hall–Kier alpha value is -1.07. The topological polar surface area (TPSA) is 15.3 Å². The Kier molecular flexibility index (Phi) is 4.82. The molecule has 2 nitrogen and oxygen atoms in total. The van der Waals surface area contributed by atoms with Crippen LogP contribution in [0.25, 0.3) is 0 Å². The average molecular weight is 272 g/mol. The zero-order chi connectivity index (χ0) is 13.7. The number of halogens is 3. The first-order valence-electron chi connectivity index (χ1n) is 6.62. The summed E-state index contributed by atoms with van der Waals surface area (Å²) in [5.41, 5.74) is 0.698. The van der Waals surface area contributed by atoms with Crippen molar-refractivity contribution in [2.45, 2.75) is 25.7 Å². The second-order valence-electron chi connectivity index (χ2n) is 5.05. The third kappa shape index (κ3) is 4.51. The minimum absolute atomic E-state index is 0.0686. The van der Waals surface area contributed by atoms with Crippen molar-refractivity contribution in [3.05, 3.63) is 35.9 Å². The van der Waals surface area contributed by atoms with Crippen LogP contribution in [0.3, 0.4) is 0 Å². The van der Waals surface area contributed by atoms with E-state index < -0.39 is 6.30 Å². The maximum absolute atomic E-state index is 13.1. The summed E-state index contributed by atoms with van der Waals surface area (Å²) in [6, 6.07) is 8.82. The number of piperidine rings is 1. The molecule has 5 heteroatoms. The molecule has 106 valence electrons. The van der Waals surface area contributed by atoms with Crippen LogP contribution in [0, 0.1) is 5.92 Å². The van der Waals surface area contributed by atoms with E-state index >= 15 is 0 Å². The molecule has 2 rings (SSSR count). The number of hydrogen-bond donors (Lipinski definition) is 1. The van der Waals surface area contributed by atoms with Crippen molar-refractivity contribution < 1.29 is 13.2 Å². The highest BCUT2D eigenvalue weighted by Gasteiger charge is 2.38. The van der Waals surface area contributed by atoms with Crippen molar-refractivity contribution in [3.63, 3.8) is 0 Å². The van der Waals surface area contributed by atoms with E-state index in [1.165, 1.54) is 0 Å². The van der Waals surface area contributed by atoms with E-state index in [4.69, 9.17) is 0 Å². The highest BCUT2D eigenvalue weighted by atomic mass is 19.4. The number of nitrogens with zero attached hydrogens (tertiary/aromatic N) is 1. The quantitative estimate of drug-likeness (QED) is 0.848. The smallest absolute Gasteiger partial charge is 0.316 e. The Bertz CT molecular complexity index is 372. The minimum Gasteiger partial charge on any atom is -0.316 e.